The van der Waals surface area contributed by atoms with Crippen LogP contribution in [0.25, 0.3) is 11.1 Å². The van der Waals surface area contributed by atoms with Gasteiger partial charge in [0.25, 0.3) is 0 Å². The van der Waals surface area contributed by atoms with E-state index in [0.717, 1.165) is 41.6 Å². The van der Waals surface area contributed by atoms with Crippen molar-refractivity contribution in [2.45, 2.75) is 17.6 Å². The molecule has 0 saturated carbocycles. The van der Waals surface area contributed by atoms with Gasteiger partial charge in [-0.2, -0.15) is 13.2 Å². The fourth-order valence-electron chi connectivity index (χ4n) is 4.15. The Balaban J connectivity index is 1.69. The highest BCUT2D eigenvalue weighted by Gasteiger charge is 2.31. The molecule has 4 rings (SSSR count). The first kappa shape index (κ1) is 31.0. The van der Waals surface area contributed by atoms with Crippen LogP contribution in [0.15, 0.2) is 89.8 Å². The van der Waals surface area contributed by atoms with E-state index in [0.29, 0.717) is 0 Å². The van der Waals surface area contributed by atoms with Crippen molar-refractivity contribution in [3.05, 3.63) is 113 Å². The van der Waals surface area contributed by atoms with Gasteiger partial charge in [0.05, 0.1) is 22.7 Å². The second-order valence-corrected chi connectivity index (χ2v) is 11.4. The van der Waals surface area contributed by atoms with Crippen molar-refractivity contribution in [1.82, 2.24) is 5.01 Å². The van der Waals surface area contributed by atoms with Gasteiger partial charge in [-0.05, 0) is 53.6 Å². The number of urea groups is 1. The van der Waals surface area contributed by atoms with E-state index in [1.165, 1.54) is 54.6 Å². The number of nitrogens with one attached hydrogen (secondary N) is 3. The van der Waals surface area contributed by atoms with Crippen molar-refractivity contribution in [2.75, 3.05) is 17.0 Å². The first-order valence-electron chi connectivity index (χ1n) is 12.4. The van der Waals surface area contributed by atoms with Gasteiger partial charge in [-0.15, -0.1) is 0 Å². The van der Waals surface area contributed by atoms with E-state index in [1.807, 2.05) is 0 Å². The number of alkyl halides is 3. The predicted molar refractivity (Wildman–Crippen MR) is 152 cm³/mol. The number of halogens is 5. The molecule has 4 aromatic carbocycles. The van der Waals surface area contributed by atoms with Gasteiger partial charge in [0.15, 0.2) is 9.84 Å². The standard InChI is InChI=1S/C29H24F5N5O3S/c1-43(41,42)25-11-3-2-10-22(25)19-14-23(30)26(24(31)15-19)37-28(40)39(38-21-9-5-7-18(13-21)27(35)36)16-17-6-4-8-20(12-17)29(32,33)34/h2-15,38H,16H2,1H3,(H3,35,36)(H,37,40). The van der Waals surface area contributed by atoms with Gasteiger partial charge in [0.1, 0.15) is 23.2 Å². The van der Waals surface area contributed by atoms with E-state index < -0.39 is 51.5 Å². The lowest BCUT2D eigenvalue weighted by atomic mass is 10.0. The number of hydrazine groups is 1. The van der Waals surface area contributed by atoms with Crippen LogP contribution >= 0.6 is 0 Å². The second kappa shape index (κ2) is 12.1. The molecule has 5 N–H and O–H groups in total. The quantitative estimate of drug-likeness (QED) is 0.0788. The number of carbonyl (C=O) groups excluding carboxylic acids is 1. The number of benzene rings is 4. The highest BCUT2D eigenvalue weighted by molar-refractivity contribution is 7.90. The highest BCUT2D eigenvalue weighted by Crippen LogP contribution is 2.33. The molecule has 0 aromatic heterocycles. The Kier molecular flexibility index (Phi) is 8.71. The molecule has 224 valence electrons. The molecule has 0 aliphatic heterocycles. The molecule has 0 bridgehead atoms. The normalized spacial score (nSPS) is 11.6. The maximum absolute atomic E-state index is 15.2. The number of nitrogens with two attached hydrogens (primary N) is 1. The Labute approximate surface area is 243 Å². The van der Waals surface area contributed by atoms with E-state index in [1.54, 1.807) is 0 Å². The molecule has 0 radical (unpaired) electrons. The second-order valence-electron chi connectivity index (χ2n) is 9.40. The Morgan fingerprint density at radius 1 is 0.930 bits per heavy atom. The molecule has 0 aliphatic rings. The number of amides is 2. The minimum atomic E-state index is -4.66. The number of anilines is 2. The van der Waals surface area contributed by atoms with Crippen LogP contribution in [-0.4, -0.2) is 31.5 Å². The molecular weight excluding hydrogens is 593 g/mol. The summed E-state index contributed by atoms with van der Waals surface area (Å²) in [4.78, 5) is 13.2. The van der Waals surface area contributed by atoms with Gasteiger partial charge < -0.3 is 11.1 Å². The molecule has 0 unspecified atom stereocenters. The van der Waals surface area contributed by atoms with E-state index in [2.05, 4.69) is 10.7 Å². The number of nitrogen functional groups attached to an aromatic ring is 1. The summed E-state index contributed by atoms with van der Waals surface area (Å²) < 4.78 is 94.7. The molecule has 0 fully saturated rings. The van der Waals surface area contributed by atoms with Crippen LogP contribution in [0.1, 0.15) is 16.7 Å². The van der Waals surface area contributed by atoms with Crippen LogP contribution in [0.5, 0.6) is 0 Å². The number of amidine groups is 1. The molecule has 0 aliphatic carbocycles. The Bertz CT molecular complexity index is 1790. The van der Waals surface area contributed by atoms with Crippen molar-refractivity contribution in [1.29, 1.82) is 5.41 Å². The average Bonchev–Trinajstić information content (AvgIpc) is 2.94. The Morgan fingerprint density at radius 2 is 1.58 bits per heavy atom. The minimum Gasteiger partial charge on any atom is -0.384 e. The topological polar surface area (TPSA) is 128 Å². The van der Waals surface area contributed by atoms with E-state index in [4.69, 9.17) is 11.1 Å². The van der Waals surface area contributed by atoms with Crippen molar-refractivity contribution >= 4 is 33.1 Å². The van der Waals surface area contributed by atoms with Gasteiger partial charge in [-0.3, -0.25) is 10.8 Å². The molecule has 43 heavy (non-hydrogen) atoms. The summed E-state index contributed by atoms with van der Waals surface area (Å²) in [5.41, 5.74) is 6.79. The van der Waals surface area contributed by atoms with Gasteiger partial charge in [0, 0.05) is 17.4 Å². The smallest absolute Gasteiger partial charge is 0.384 e. The third-order valence-electron chi connectivity index (χ3n) is 6.15. The lowest BCUT2D eigenvalue weighted by Gasteiger charge is -2.26. The predicted octanol–water partition coefficient (Wildman–Crippen LogP) is 6.40. The van der Waals surface area contributed by atoms with Gasteiger partial charge in [-0.1, -0.05) is 42.5 Å². The van der Waals surface area contributed by atoms with Crippen molar-refractivity contribution in [3.8, 4) is 11.1 Å². The molecule has 14 heteroatoms. The lowest BCUT2D eigenvalue weighted by Crippen LogP contribution is -2.39. The zero-order valence-corrected chi connectivity index (χ0v) is 23.2. The van der Waals surface area contributed by atoms with Crippen LogP contribution in [0.4, 0.5) is 38.1 Å². The van der Waals surface area contributed by atoms with E-state index >= 15 is 8.78 Å². The number of sulfone groups is 1. The first-order chi connectivity index (χ1) is 20.1. The summed E-state index contributed by atoms with van der Waals surface area (Å²) in [5, 5.41) is 10.5. The molecule has 2 amide bonds. The fraction of sp³-hybridized carbons (Fsp3) is 0.103. The summed E-state index contributed by atoms with van der Waals surface area (Å²) in [7, 11) is -3.75. The van der Waals surface area contributed by atoms with Crippen LogP contribution < -0.4 is 16.5 Å². The fourth-order valence-corrected chi connectivity index (χ4v) is 5.06. The van der Waals surface area contributed by atoms with Crippen molar-refractivity contribution < 1.29 is 35.2 Å². The average molecular weight is 618 g/mol. The zero-order valence-electron chi connectivity index (χ0n) is 22.3. The largest absolute Gasteiger partial charge is 0.416 e. The van der Waals surface area contributed by atoms with E-state index in [-0.39, 0.29) is 38.7 Å². The third-order valence-corrected chi connectivity index (χ3v) is 7.30. The zero-order chi connectivity index (χ0) is 31.5. The Hall–Kier alpha value is -4.98. The molecule has 0 atom stereocenters. The van der Waals surface area contributed by atoms with Crippen LogP contribution in [0.3, 0.4) is 0 Å². The van der Waals surface area contributed by atoms with Gasteiger partial charge in [-0.25, -0.2) is 27.0 Å². The van der Waals surface area contributed by atoms with Crippen LogP contribution in [0.2, 0.25) is 0 Å². The van der Waals surface area contributed by atoms with Crippen LogP contribution in [0, 0.1) is 17.0 Å². The Morgan fingerprint density at radius 3 is 2.21 bits per heavy atom. The lowest BCUT2D eigenvalue weighted by molar-refractivity contribution is -0.137. The summed E-state index contributed by atoms with van der Waals surface area (Å²) in [6.45, 7) is -0.483. The monoisotopic (exact) mass is 617 g/mol. The van der Waals surface area contributed by atoms with E-state index in [9.17, 15) is 26.4 Å². The maximum atomic E-state index is 15.2. The summed E-state index contributed by atoms with van der Waals surface area (Å²) in [6.07, 6.45) is -3.71. The van der Waals surface area contributed by atoms with Gasteiger partial charge in [0.2, 0.25) is 0 Å². The van der Waals surface area contributed by atoms with Crippen LogP contribution in [-0.2, 0) is 22.6 Å². The number of rotatable bonds is 8. The summed E-state index contributed by atoms with van der Waals surface area (Å²) in [5.74, 6) is -2.76. The molecule has 0 spiro atoms. The highest BCUT2D eigenvalue weighted by atomic mass is 32.2. The van der Waals surface area contributed by atoms with Crippen molar-refractivity contribution in [2.24, 2.45) is 5.73 Å². The number of hydrogen-bond acceptors (Lipinski definition) is 5. The molecule has 4 aromatic rings. The summed E-state index contributed by atoms with van der Waals surface area (Å²) in [6, 6.07) is 16.2. The van der Waals surface area contributed by atoms with Crippen molar-refractivity contribution in [3.63, 3.8) is 0 Å². The molecule has 8 nitrogen and oxygen atoms in total. The maximum Gasteiger partial charge on any atom is 0.416 e. The molecular formula is C29H24F5N5O3S. The third kappa shape index (κ3) is 7.46. The SMILES string of the molecule is CS(=O)(=O)c1ccccc1-c1cc(F)c(NC(=O)N(Cc2cccc(C(F)(F)F)c2)Nc2cccc(C(=N)N)c2)c(F)c1. The molecule has 0 saturated heterocycles. The number of hydrogen-bond donors (Lipinski definition) is 4. The number of nitrogens with zero attached hydrogens (tertiary/aromatic N) is 1. The number of carbonyl (C=O) groups is 1. The van der Waals surface area contributed by atoms with Gasteiger partial charge >= 0.3 is 12.2 Å². The first-order valence-corrected chi connectivity index (χ1v) is 14.3. The summed E-state index contributed by atoms with van der Waals surface area (Å²) >= 11 is 0. The minimum absolute atomic E-state index is 0.0360. The molecule has 0 heterocycles.